The minimum atomic E-state index is -0.177. The molecule has 0 bridgehead atoms. The fourth-order valence-corrected chi connectivity index (χ4v) is 2.95. The molecule has 3 aromatic rings. The van der Waals surface area contributed by atoms with Crippen LogP contribution in [-0.4, -0.2) is 25.7 Å². The lowest BCUT2D eigenvalue weighted by Gasteiger charge is -2.11. The fourth-order valence-electron chi connectivity index (χ4n) is 2.95. The number of carbonyl (C=O) groups excluding carboxylic acids is 1. The van der Waals surface area contributed by atoms with E-state index in [4.69, 9.17) is 0 Å². The molecule has 2 N–H and O–H groups in total. The van der Waals surface area contributed by atoms with Gasteiger partial charge in [0.15, 0.2) is 5.69 Å². The van der Waals surface area contributed by atoms with Crippen LogP contribution in [-0.2, 0) is 19.5 Å². The molecule has 4 rings (SSSR count). The van der Waals surface area contributed by atoms with Crippen LogP contribution < -0.4 is 5.32 Å². The van der Waals surface area contributed by atoms with Crippen molar-refractivity contribution < 1.29 is 4.79 Å². The van der Waals surface area contributed by atoms with Gasteiger partial charge in [0.05, 0.1) is 17.8 Å². The highest BCUT2D eigenvalue weighted by Crippen LogP contribution is 2.16. The summed E-state index contributed by atoms with van der Waals surface area (Å²) in [6.45, 7) is 1.46. The summed E-state index contributed by atoms with van der Waals surface area (Å²) in [6.07, 6.45) is 5.46. The van der Waals surface area contributed by atoms with E-state index >= 15 is 0 Å². The molecule has 1 amide bonds. The molecule has 2 aromatic heterocycles. The number of H-pyrrole nitrogens is 1. The van der Waals surface area contributed by atoms with Crippen LogP contribution in [0.5, 0.6) is 0 Å². The molecular weight excluding hydrogens is 278 g/mol. The lowest BCUT2D eigenvalue weighted by Crippen LogP contribution is -2.23. The number of hydrogen-bond acceptors (Lipinski definition) is 3. The van der Waals surface area contributed by atoms with Gasteiger partial charge >= 0.3 is 0 Å². The van der Waals surface area contributed by atoms with Crippen LogP contribution in [0.1, 0.15) is 34.8 Å². The molecule has 1 aliphatic heterocycles. The summed E-state index contributed by atoms with van der Waals surface area (Å²) >= 11 is 0. The molecule has 1 aliphatic rings. The van der Waals surface area contributed by atoms with Crippen molar-refractivity contribution in [2.24, 2.45) is 0 Å². The smallest absolute Gasteiger partial charge is 0.272 e. The van der Waals surface area contributed by atoms with Crippen molar-refractivity contribution in [3.05, 3.63) is 47.7 Å². The second kappa shape index (κ2) is 5.29. The Morgan fingerprint density at radius 1 is 1.32 bits per heavy atom. The van der Waals surface area contributed by atoms with Gasteiger partial charge in [0.25, 0.3) is 5.91 Å². The lowest BCUT2D eigenvalue weighted by atomic mass is 10.2. The number of aromatic nitrogens is 4. The molecule has 6 heteroatoms. The van der Waals surface area contributed by atoms with Gasteiger partial charge in [0.2, 0.25) is 0 Å². The first kappa shape index (κ1) is 13.1. The summed E-state index contributed by atoms with van der Waals surface area (Å²) in [7, 11) is 0. The summed E-state index contributed by atoms with van der Waals surface area (Å²) < 4.78 is 2.19. The van der Waals surface area contributed by atoms with Gasteiger partial charge < -0.3 is 9.88 Å². The number of rotatable bonds is 3. The molecule has 112 valence electrons. The number of imidazole rings is 1. The van der Waals surface area contributed by atoms with Gasteiger partial charge in [-0.1, -0.05) is 18.2 Å². The summed E-state index contributed by atoms with van der Waals surface area (Å²) in [5.74, 6) is 0.948. The zero-order valence-electron chi connectivity index (χ0n) is 12.2. The monoisotopic (exact) mass is 295 g/mol. The first-order valence-corrected chi connectivity index (χ1v) is 7.57. The largest absolute Gasteiger partial charge is 0.345 e. The van der Waals surface area contributed by atoms with Crippen molar-refractivity contribution in [2.75, 3.05) is 0 Å². The van der Waals surface area contributed by atoms with Crippen molar-refractivity contribution >= 4 is 16.8 Å². The predicted molar refractivity (Wildman–Crippen MR) is 82.4 cm³/mol. The maximum Gasteiger partial charge on any atom is 0.272 e. The third-order valence-electron chi connectivity index (χ3n) is 4.07. The van der Waals surface area contributed by atoms with E-state index in [1.807, 2.05) is 30.5 Å². The van der Waals surface area contributed by atoms with E-state index in [9.17, 15) is 4.79 Å². The Morgan fingerprint density at radius 3 is 3.14 bits per heavy atom. The van der Waals surface area contributed by atoms with Crippen LogP contribution in [0.25, 0.3) is 10.9 Å². The SMILES string of the molecule is O=C(NCc1cn2c(n1)CCCC2)c1n[nH]c2ccccc12. The Hall–Kier alpha value is -2.63. The van der Waals surface area contributed by atoms with Gasteiger partial charge in [0.1, 0.15) is 5.82 Å². The average molecular weight is 295 g/mol. The zero-order valence-corrected chi connectivity index (χ0v) is 12.2. The summed E-state index contributed by atoms with van der Waals surface area (Å²) in [5, 5.41) is 10.7. The highest BCUT2D eigenvalue weighted by atomic mass is 16.1. The minimum Gasteiger partial charge on any atom is -0.345 e. The van der Waals surface area contributed by atoms with E-state index in [2.05, 4.69) is 25.1 Å². The molecule has 0 fully saturated rings. The fraction of sp³-hybridized carbons (Fsp3) is 0.312. The van der Waals surface area contributed by atoms with Gasteiger partial charge in [-0.25, -0.2) is 4.98 Å². The molecule has 0 saturated carbocycles. The van der Waals surface area contributed by atoms with Crippen LogP contribution in [0.4, 0.5) is 0 Å². The number of nitrogens with one attached hydrogen (secondary N) is 2. The first-order valence-electron chi connectivity index (χ1n) is 7.57. The number of benzene rings is 1. The molecular formula is C16H17N5O. The van der Waals surface area contributed by atoms with Gasteiger partial charge in [0, 0.05) is 24.5 Å². The lowest BCUT2D eigenvalue weighted by molar-refractivity contribution is 0.0947. The molecule has 0 aliphatic carbocycles. The van der Waals surface area contributed by atoms with E-state index < -0.39 is 0 Å². The quantitative estimate of drug-likeness (QED) is 0.776. The summed E-state index contributed by atoms with van der Waals surface area (Å²) in [5.41, 5.74) is 2.20. The molecule has 0 unspecified atom stereocenters. The average Bonchev–Trinajstić information content (AvgIpc) is 3.16. The number of para-hydroxylation sites is 1. The Balaban J connectivity index is 1.49. The van der Waals surface area contributed by atoms with E-state index in [1.165, 1.54) is 12.8 Å². The normalized spacial score (nSPS) is 14.0. The van der Waals surface area contributed by atoms with Gasteiger partial charge in [-0.2, -0.15) is 5.10 Å². The van der Waals surface area contributed by atoms with Gasteiger partial charge in [-0.15, -0.1) is 0 Å². The van der Waals surface area contributed by atoms with Gasteiger partial charge in [-0.05, 0) is 18.9 Å². The van der Waals surface area contributed by atoms with Crippen LogP contribution in [0.2, 0.25) is 0 Å². The molecule has 6 nitrogen and oxygen atoms in total. The van der Waals surface area contributed by atoms with Crippen molar-refractivity contribution in [3.63, 3.8) is 0 Å². The van der Waals surface area contributed by atoms with Crippen LogP contribution in [0.3, 0.4) is 0 Å². The Bertz CT molecular complexity index is 809. The van der Waals surface area contributed by atoms with Gasteiger partial charge in [-0.3, -0.25) is 9.89 Å². The highest BCUT2D eigenvalue weighted by molar-refractivity contribution is 6.04. The molecule has 22 heavy (non-hydrogen) atoms. The highest BCUT2D eigenvalue weighted by Gasteiger charge is 2.15. The molecule has 0 atom stereocenters. The van der Waals surface area contributed by atoms with E-state index in [0.29, 0.717) is 12.2 Å². The standard InChI is InChI=1S/C16H17N5O/c22-16(15-12-5-1-2-6-13(12)19-20-15)17-9-11-10-21-8-4-3-7-14(21)18-11/h1-2,5-6,10H,3-4,7-9H2,(H,17,22)(H,19,20). The van der Waals surface area contributed by atoms with E-state index in [0.717, 1.165) is 35.4 Å². The number of nitrogens with zero attached hydrogens (tertiary/aromatic N) is 3. The second-order valence-corrected chi connectivity index (χ2v) is 5.60. The summed E-state index contributed by atoms with van der Waals surface area (Å²) in [6, 6.07) is 7.61. The molecule has 0 saturated heterocycles. The zero-order chi connectivity index (χ0) is 14.9. The molecule has 1 aromatic carbocycles. The number of aromatic amines is 1. The second-order valence-electron chi connectivity index (χ2n) is 5.60. The Morgan fingerprint density at radius 2 is 2.23 bits per heavy atom. The minimum absolute atomic E-state index is 0.177. The Kier molecular flexibility index (Phi) is 3.14. The third kappa shape index (κ3) is 2.26. The van der Waals surface area contributed by atoms with Crippen molar-refractivity contribution in [1.82, 2.24) is 25.1 Å². The number of amides is 1. The van der Waals surface area contributed by atoms with Crippen LogP contribution in [0, 0.1) is 0 Å². The predicted octanol–water partition coefficient (Wildman–Crippen LogP) is 2.03. The molecule has 3 heterocycles. The van der Waals surface area contributed by atoms with Crippen LogP contribution in [0.15, 0.2) is 30.5 Å². The number of fused-ring (bicyclic) bond motifs is 2. The van der Waals surface area contributed by atoms with Crippen molar-refractivity contribution in [2.45, 2.75) is 32.4 Å². The Labute approximate surface area is 127 Å². The van der Waals surface area contributed by atoms with E-state index in [-0.39, 0.29) is 5.91 Å². The number of aryl methyl sites for hydroxylation is 2. The molecule has 0 spiro atoms. The first-order chi connectivity index (χ1) is 10.8. The maximum atomic E-state index is 12.3. The maximum absolute atomic E-state index is 12.3. The summed E-state index contributed by atoms with van der Waals surface area (Å²) in [4.78, 5) is 16.9. The van der Waals surface area contributed by atoms with Crippen molar-refractivity contribution in [1.29, 1.82) is 0 Å². The number of carbonyl (C=O) groups is 1. The van der Waals surface area contributed by atoms with Crippen LogP contribution >= 0.6 is 0 Å². The molecule has 0 radical (unpaired) electrons. The third-order valence-corrected chi connectivity index (χ3v) is 4.07. The van der Waals surface area contributed by atoms with Crippen molar-refractivity contribution in [3.8, 4) is 0 Å². The van der Waals surface area contributed by atoms with E-state index in [1.54, 1.807) is 0 Å². The topological polar surface area (TPSA) is 75.6 Å². The number of hydrogen-bond donors (Lipinski definition) is 2.